The molecule has 84 valence electrons. The molecular weight excluding hydrogens is 232 g/mol. The standard InChI is InChI=1S/C10H15ClN2OS/c1-14-9-6-12-13(10(9)11)7-8-2-4-15-5-3-8/h6,8H,2-5,7H2,1H3. The number of nitrogens with zero attached hydrogens (tertiary/aromatic N) is 2. The van der Waals surface area contributed by atoms with Gasteiger partial charge in [-0.3, -0.25) is 4.68 Å². The van der Waals surface area contributed by atoms with Crippen molar-refractivity contribution in [3.05, 3.63) is 11.3 Å². The van der Waals surface area contributed by atoms with Gasteiger partial charge < -0.3 is 4.74 Å². The quantitative estimate of drug-likeness (QED) is 0.821. The van der Waals surface area contributed by atoms with Crippen molar-refractivity contribution in [3.8, 4) is 5.75 Å². The fourth-order valence-corrected chi connectivity index (χ4v) is 3.23. The number of hydrogen-bond acceptors (Lipinski definition) is 3. The first kappa shape index (κ1) is 11.1. The molecule has 3 nitrogen and oxygen atoms in total. The molecule has 0 atom stereocenters. The van der Waals surface area contributed by atoms with Crippen LogP contribution >= 0.6 is 23.4 Å². The van der Waals surface area contributed by atoms with Crippen LogP contribution in [-0.4, -0.2) is 28.4 Å². The molecule has 1 fully saturated rings. The number of aromatic nitrogens is 2. The summed E-state index contributed by atoms with van der Waals surface area (Å²) in [4.78, 5) is 0. The summed E-state index contributed by atoms with van der Waals surface area (Å²) in [6.45, 7) is 0.919. The largest absolute Gasteiger partial charge is 0.492 e. The minimum Gasteiger partial charge on any atom is -0.492 e. The van der Waals surface area contributed by atoms with Gasteiger partial charge in [0.15, 0.2) is 10.9 Å². The second kappa shape index (κ2) is 5.12. The summed E-state index contributed by atoms with van der Waals surface area (Å²) in [6.07, 6.45) is 4.21. The summed E-state index contributed by atoms with van der Waals surface area (Å²) < 4.78 is 6.94. The third-order valence-electron chi connectivity index (χ3n) is 2.74. The maximum absolute atomic E-state index is 6.11. The summed E-state index contributed by atoms with van der Waals surface area (Å²) in [5.41, 5.74) is 0. The van der Waals surface area contributed by atoms with Crippen molar-refractivity contribution in [1.29, 1.82) is 0 Å². The maximum Gasteiger partial charge on any atom is 0.175 e. The molecule has 0 N–H and O–H groups in total. The van der Waals surface area contributed by atoms with Gasteiger partial charge in [0.05, 0.1) is 13.3 Å². The van der Waals surface area contributed by atoms with E-state index in [0.717, 1.165) is 6.54 Å². The molecule has 0 unspecified atom stereocenters. The van der Waals surface area contributed by atoms with Crippen molar-refractivity contribution in [2.45, 2.75) is 19.4 Å². The monoisotopic (exact) mass is 246 g/mol. The molecule has 1 aromatic heterocycles. The lowest BCUT2D eigenvalue weighted by Gasteiger charge is -2.21. The van der Waals surface area contributed by atoms with Gasteiger partial charge in [-0.2, -0.15) is 16.9 Å². The van der Waals surface area contributed by atoms with E-state index in [1.165, 1.54) is 24.3 Å². The third kappa shape index (κ3) is 2.61. The summed E-state index contributed by atoms with van der Waals surface area (Å²) in [6, 6.07) is 0. The average molecular weight is 247 g/mol. The molecule has 15 heavy (non-hydrogen) atoms. The highest BCUT2D eigenvalue weighted by Gasteiger charge is 2.17. The minimum atomic E-state index is 0.621. The Morgan fingerprint density at radius 1 is 1.60 bits per heavy atom. The van der Waals surface area contributed by atoms with Gasteiger partial charge in [0.2, 0.25) is 0 Å². The molecule has 1 aromatic rings. The van der Waals surface area contributed by atoms with E-state index < -0.39 is 0 Å². The first-order valence-corrected chi connectivity index (χ1v) is 6.67. The van der Waals surface area contributed by atoms with Crippen molar-refractivity contribution >= 4 is 23.4 Å². The van der Waals surface area contributed by atoms with Crippen molar-refractivity contribution in [2.24, 2.45) is 5.92 Å². The zero-order valence-electron chi connectivity index (χ0n) is 8.78. The van der Waals surface area contributed by atoms with Crippen LogP contribution in [0.2, 0.25) is 5.15 Å². The summed E-state index contributed by atoms with van der Waals surface area (Å²) in [5, 5.41) is 4.85. The molecule has 2 heterocycles. The van der Waals surface area contributed by atoms with Crippen LogP contribution in [0.3, 0.4) is 0 Å². The van der Waals surface area contributed by atoms with E-state index in [1.54, 1.807) is 13.3 Å². The Morgan fingerprint density at radius 3 is 2.93 bits per heavy atom. The van der Waals surface area contributed by atoms with Crippen LogP contribution in [0, 0.1) is 5.92 Å². The number of thioether (sulfide) groups is 1. The van der Waals surface area contributed by atoms with Crippen molar-refractivity contribution in [3.63, 3.8) is 0 Å². The molecule has 2 rings (SSSR count). The predicted molar refractivity (Wildman–Crippen MR) is 63.8 cm³/mol. The predicted octanol–water partition coefficient (Wildman–Crippen LogP) is 2.69. The Kier molecular flexibility index (Phi) is 3.81. The van der Waals surface area contributed by atoms with Crippen molar-refractivity contribution in [1.82, 2.24) is 9.78 Å². The second-order valence-corrected chi connectivity index (χ2v) is 5.32. The first-order chi connectivity index (χ1) is 7.31. The van der Waals surface area contributed by atoms with Gasteiger partial charge in [-0.25, -0.2) is 0 Å². The Morgan fingerprint density at radius 2 is 2.33 bits per heavy atom. The molecule has 0 amide bonds. The maximum atomic E-state index is 6.11. The first-order valence-electron chi connectivity index (χ1n) is 5.14. The molecule has 1 aliphatic rings. The van der Waals surface area contributed by atoms with E-state index in [-0.39, 0.29) is 0 Å². The van der Waals surface area contributed by atoms with E-state index in [9.17, 15) is 0 Å². The Bertz CT molecular complexity index is 323. The fraction of sp³-hybridized carbons (Fsp3) is 0.700. The number of halogens is 1. The van der Waals surface area contributed by atoms with E-state index in [2.05, 4.69) is 5.10 Å². The molecular formula is C10H15ClN2OS. The van der Waals surface area contributed by atoms with Gasteiger partial charge in [-0.15, -0.1) is 0 Å². The van der Waals surface area contributed by atoms with Crippen molar-refractivity contribution < 1.29 is 4.74 Å². The van der Waals surface area contributed by atoms with Gasteiger partial charge in [-0.1, -0.05) is 11.6 Å². The number of rotatable bonds is 3. The molecule has 5 heteroatoms. The van der Waals surface area contributed by atoms with E-state index >= 15 is 0 Å². The van der Waals surface area contributed by atoms with E-state index in [1.807, 2.05) is 16.4 Å². The van der Waals surface area contributed by atoms with Gasteiger partial charge in [-0.05, 0) is 30.3 Å². The van der Waals surface area contributed by atoms with E-state index in [0.29, 0.717) is 16.8 Å². The van der Waals surface area contributed by atoms with Crippen LogP contribution in [0.5, 0.6) is 5.75 Å². The van der Waals surface area contributed by atoms with Gasteiger partial charge in [0, 0.05) is 6.54 Å². The van der Waals surface area contributed by atoms with E-state index in [4.69, 9.17) is 16.3 Å². The smallest absolute Gasteiger partial charge is 0.175 e. The van der Waals surface area contributed by atoms with Crippen LogP contribution in [0.25, 0.3) is 0 Å². The second-order valence-electron chi connectivity index (χ2n) is 3.74. The highest BCUT2D eigenvalue weighted by Crippen LogP contribution is 2.28. The SMILES string of the molecule is COc1cnn(CC2CCSCC2)c1Cl. The van der Waals surface area contributed by atoms with Crippen molar-refractivity contribution in [2.75, 3.05) is 18.6 Å². The number of ether oxygens (including phenoxy) is 1. The Hall–Kier alpha value is -0.350. The molecule has 0 spiro atoms. The minimum absolute atomic E-state index is 0.621. The van der Waals surface area contributed by atoms with Gasteiger partial charge in [0.25, 0.3) is 0 Å². The number of methoxy groups -OCH3 is 1. The Labute approximate surface area is 99.1 Å². The van der Waals surface area contributed by atoms with Crippen LogP contribution in [0.1, 0.15) is 12.8 Å². The van der Waals surface area contributed by atoms with Crippen LogP contribution in [-0.2, 0) is 6.54 Å². The molecule has 1 saturated heterocycles. The lowest BCUT2D eigenvalue weighted by Crippen LogP contribution is -2.17. The highest BCUT2D eigenvalue weighted by atomic mass is 35.5. The fourth-order valence-electron chi connectivity index (χ4n) is 1.79. The van der Waals surface area contributed by atoms with Crippen LogP contribution in [0.4, 0.5) is 0 Å². The van der Waals surface area contributed by atoms with Crippen LogP contribution < -0.4 is 4.74 Å². The average Bonchev–Trinajstić information content (AvgIpc) is 2.62. The zero-order chi connectivity index (χ0) is 10.7. The normalized spacial score (nSPS) is 18.0. The molecule has 0 aromatic carbocycles. The Balaban J connectivity index is 2.00. The molecule has 0 radical (unpaired) electrons. The summed E-state index contributed by atoms with van der Waals surface area (Å²) >= 11 is 8.15. The number of hydrogen-bond donors (Lipinski definition) is 0. The molecule has 0 aliphatic carbocycles. The van der Waals surface area contributed by atoms with Gasteiger partial charge >= 0.3 is 0 Å². The molecule has 1 aliphatic heterocycles. The highest BCUT2D eigenvalue weighted by molar-refractivity contribution is 7.99. The lowest BCUT2D eigenvalue weighted by molar-refractivity contribution is 0.389. The third-order valence-corrected chi connectivity index (χ3v) is 4.17. The topological polar surface area (TPSA) is 27.1 Å². The zero-order valence-corrected chi connectivity index (χ0v) is 10.4. The molecule has 0 saturated carbocycles. The summed E-state index contributed by atoms with van der Waals surface area (Å²) in [7, 11) is 1.62. The van der Waals surface area contributed by atoms with Gasteiger partial charge in [0.1, 0.15) is 0 Å². The lowest BCUT2D eigenvalue weighted by atomic mass is 10.0. The summed E-state index contributed by atoms with van der Waals surface area (Å²) in [5.74, 6) is 3.91. The van der Waals surface area contributed by atoms with Crippen LogP contribution in [0.15, 0.2) is 6.20 Å². The molecule has 0 bridgehead atoms.